The summed E-state index contributed by atoms with van der Waals surface area (Å²) in [5.41, 5.74) is 13.0. The van der Waals surface area contributed by atoms with Crippen molar-refractivity contribution >= 4 is 85.4 Å². The maximum absolute atomic E-state index is 2.46. The molecular formula is C59H38S. The van der Waals surface area contributed by atoms with Crippen molar-refractivity contribution in [2.24, 2.45) is 0 Å². The molecule has 0 radical (unpaired) electrons. The van der Waals surface area contributed by atoms with Gasteiger partial charge in [-0.2, -0.15) is 0 Å². The Bertz CT molecular complexity index is 3750. The molecule has 0 fully saturated rings. The minimum Gasteiger partial charge on any atom is -0.135 e. The van der Waals surface area contributed by atoms with Gasteiger partial charge in [-0.25, -0.2) is 0 Å². The minimum atomic E-state index is -0.0751. The first-order chi connectivity index (χ1) is 29.5. The van der Waals surface area contributed by atoms with Crippen molar-refractivity contribution < 1.29 is 0 Å². The summed E-state index contributed by atoms with van der Waals surface area (Å²) in [6.45, 7) is 4.77. The average molecular weight is 779 g/mol. The molecule has 280 valence electrons. The van der Waals surface area contributed by atoms with E-state index in [2.05, 4.69) is 208 Å². The lowest BCUT2D eigenvalue weighted by Crippen LogP contribution is -2.14. The molecule has 0 saturated heterocycles. The van der Waals surface area contributed by atoms with Gasteiger partial charge in [-0.3, -0.25) is 0 Å². The minimum absolute atomic E-state index is 0.0751. The van der Waals surface area contributed by atoms with Crippen LogP contribution in [0.3, 0.4) is 0 Å². The normalized spacial score (nSPS) is 13.3. The Morgan fingerprint density at radius 2 is 0.783 bits per heavy atom. The zero-order valence-corrected chi connectivity index (χ0v) is 34.2. The summed E-state index contributed by atoms with van der Waals surface area (Å²) in [6, 6.07) is 73.2. The van der Waals surface area contributed by atoms with Gasteiger partial charge in [0.2, 0.25) is 0 Å². The number of rotatable bonds is 3. The van der Waals surface area contributed by atoms with Crippen LogP contribution in [-0.4, -0.2) is 0 Å². The largest absolute Gasteiger partial charge is 0.135 e. The molecular weight excluding hydrogens is 741 g/mol. The van der Waals surface area contributed by atoms with Crippen molar-refractivity contribution in [3.05, 3.63) is 205 Å². The molecule has 0 N–H and O–H groups in total. The lowest BCUT2D eigenvalue weighted by atomic mass is 9.81. The van der Waals surface area contributed by atoms with Gasteiger partial charge in [-0.1, -0.05) is 153 Å². The maximum atomic E-state index is 2.46. The first kappa shape index (κ1) is 33.9. The molecule has 0 spiro atoms. The number of fused-ring (bicyclic) bond motifs is 11. The lowest BCUT2D eigenvalue weighted by Gasteiger charge is -2.22. The van der Waals surface area contributed by atoms with Crippen molar-refractivity contribution in [2.45, 2.75) is 19.3 Å². The van der Waals surface area contributed by atoms with Crippen LogP contribution in [0.1, 0.15) is 25.0 Å². The number of hydrogen-bond acceptors (Lipinski definition) is 1. The van der Waals surface area contributed by atoms with E-state index in [9.17, 15) is 0 Å². The Labute approximate surface area is 352 Å². The number of thiophene rings is 1. The fraction of sp³-hybridized carbons (Fsp3) is 0.0508. The molecule has 1 heterocycles. The van der Waals surface area contributed by atoms with Gasteiger partial charge in [0.1, 0.15) is 0 Å². The predicted octanol–water partition coefficient (Wildman–Crippen LogP) is 17.1. The van der Waals surface area contributed by atoms with Crippen LogP contribution in [0.5, 0.6) is 0 Å². The molecule has 0 bridgehead atoms. The summed E-state index contributed by atoms with van der Waals surface area (Å²) < 4.78 is 2.71. The van der Waals surface area contributed by atoms with Gasteiger partial charge >= 0.3 is 0 Å². The zero-order chi connectivity index (χ0) is 39.7. The molecule has 0 unspecified atom stereocenters. The van der Waals surface area contributed by atoms with E-state index in [1.807, 2.05) is 11.3 Å². The lowest BCUT2D eigenvalue weighted by molar-refractivity contribution is 0.661. The highest BCUT2D eigenvalue weighted by atomic mass is 32.1. The van der Waals surface area contributed by atoms with Gasteiger partial charge in [0.25, 0.3) is 0 Å². The molecule has 0 saturated carbocycles. The molecule has 0 aliphatic heterocycles. The van der Waals surface area contributed by atoms with E-state index in [0.717, 1.165) is 0 Å². The van der Waals surface area contributed by atoms with E-state index in [4.69, 9.17) is 0 Å². The molecule has 13 rings (SSSR count). The molecule has 1 aliphatic rings. The van der Waals surface area contributed by atoms with E-state index < -0.39 is 0 Å². The molecule has 0 amide bonds. The smallest absolute Gasteiger partial charge is 0.0361 e. The monoisotopic (exact) mass is 778 g/mol. The zero-order valence-electron chi connectivity index (χ0n) is 33.4. The van der Waals surface area contributed by atoms with Crippen molar-refractivity contribution in [1.82, 2.24) is 0 Å². The van der Waals surface area contributed by atoms with Gasteiger partial charge in [-0.15, -0.1) is 11.3 Å². The van der Waals surface area contributed by atoms with Crippen LogP contribution < -0.4 is 0 Å². The molecule has 0 atom stereocenters. The topological polar surface area (TPSA) is 0 Å². The van der Waals surface area contributed by atoms with Crippen LogP contribution in [0.4, 0.5) is 0 Å². The van der Waals surface area contributed by atoms with Crippen LogP contribution in [-0.2, 0) is 5.41 Å². The maximum Gasteiger partial charge on any atom is 0.0361 e. The van der Waals surface area contributed by atoms with Crippen LogP contribution in [0.2, 0.25) is 0 Å². The molecule has 0 nitrogen and oxygen atoms in total. The SMILES string of the molecule is CC1(C)c2ccc(-c3ccc4cc(-c5c6ccccc6c(-c6ccc7ccccc7c6)c6ccccc56)ccc4c3)cc2-c2cc3cc4c(cc3cc21)sc1ccccc14. The number of hydrogen-bond donors (Lipinski definition) is 0. The molecule has 1 aromatic heterocycles. The van der Waals surface area contributed by atoms with Gasteiger partial charge in [-0.05, 0) is 164 Å². The van der Waals surface area contributed by atoms with Crippen LogP contribution in [0.25, 0.3) is 119 Å². The average Bonchev–Trinajstić information content (AvgIpc) is 3.76. The summed E-state index contributed by atoms with van der Waals surface area (Å²) in [6.07, 6.45) is 0. The van der Waals surface area contributed by atoms with Crippen molar-refractivity contribution in [3.63, 3.8) is 0 Å². The highest BCUT2D eigenvalue weighted by Gasteiger charge is 2.36. The Hall–Kier alpha value is -7.06. The van der Waals surface area contributed by atoms with Crippen LogP contribution in [0, 0.1) is 0 Å². The van der Waals surface area contributed by atoms with E-state index in [1.54, 1.807) is 0 Å². The van der Waals surface area contributed by atoms with Crippen molar-refractivity contribution in [2.75, 3.05) is 0 Å². The Kier molecular flexibility index (Phi) is 7.04. The highest BCUT2D eigenvalue weighted by molar-refractivity contribution is 7.25. The van der Waals surface area contributed by atoms with Gasteiger partial charge in [0, 0.05) is 25.6 Å². The molecule has 12 aromatic rings. The van der Waals surface area contributed by atoms with E-state index in [-0.39, 0.29) is 5.41 Å². The number of benzene rings is 11. The second-order valence-electron chi connectivity index (χ2n) is 17.3. The highest BCUT2D eigenvalue weighted by Crippen LogP contribution is 2.52. The van der Waals surface area contributed by atoms with E-state index >= 15 is 0 Å². The molecule has 11 aromatic carbocycles. The van der Waals surface area contributed by atoms with E-state index in [0.29, 0.717) is 0 Å². The fourth-order valence-electron chi connectivity index (χ4n) is 10.6. The van der Waals surface area contributed by atoms with Crippen LogP contribution in [0.15, 0.2) is 194 Å². The standard InChI is InChI=1S/C59H38S/c1-59(2)53-26-25-40(30-50(53)51-31-43-32-52-45-13-9-10-18-55(45)60-56(52)34-44(43)33-54(51)59)38-20-21-39-29-42(24-22-37(39)27-38)58-48-16-7-5-14-46(48)57(47-15-6-8-17-49(47)58)41-23-19-35-11-3-4-12-36(35)28-41/h3-34H,1-2H3. The first-order valence-corrected chi connectivity index (χ1v) is 21.8. The third-order valence-electron chi connectivity index (χ3n) is 13.6. The van der Waals surface area contributed by atoms with Crippen molar-refractivity contribution in [3.8, 4) is 44.5 Å². The second-order valence-corrected chi connectivity index (χ2v) is 18.3. The van der Waals surface area contributed by atoms with Gasteiger partial charge in [0.15, 0.2) is 0 Å². The van der Waals surface area contributed by atoms with E-state index in [1.165, 1.54) is 130 Å². The Morgan fingerprint density at radius 3 is 1.47 bits per heavy atom. The Morgan fingerprint density at radius 1 is 0.300 bits per heavy atom. The van der Waals surface area contributed by atoms with Crippen molar-refractivity contribution in [1.29, 1.82) is 0 Å². The quantitative estimate of drug-likeness (QED) is 0.157. The predicted molar refractivity (Wildman–Crippen MR) is 261 cm³/mol. The van der Waals surface area contributed by atoms with Gasteiger partial charge < -0.3 is 0 Å². The third kappa shape index (κ3) is 4.90. The molecule has 1 aliphatic carbocycles. The molecule has 1 heteroatoms. The third-order valence-corrected chi connectivity index (χ3v) is 14.7. The fourth-order valence-corrected chi connectivity index (χ4v) is 11.7. The van der Waals surface area contributed by atoms with Gasteiger partial charge in [0.05, 0.1) is 0 Å². The molecule has 60 heavy (non-hydrogen) atoms. The van der Waals surface area contributed by atoms with Crippen LogP contribution >= 0.6 is 11.3 Å². The summed E-state index contributed by atoms with van der Waals surface area (Å²) in [5.74, 6) is 0. The Balaban J connectivity index is 0.918. The summed E-state index contributed by atoms with van der Waals surface area (Å²) in [5, 5.41) is 15.5. The second kappa shape index (κ2) is 12.5. The summed E-state index contributed by atoms with van der Waals surface area (Å²) >= 11 is 1.90. The first-order valence-electron chi connectivity index (χ1n) is 21.0. The summed E-state index contributed by atoms with van der Waals surface area (Å²) in [7, 11) is 0. The summed E-state index contributed by atoms with van der Waals surface area (Å²) in [4.78, 5) is 0.